The van der Waals surface area contributed by atoms with E-state index in [1.165, 1.54) is 6.21 Å². The average Bonchev–Trinajstić information content (AvgIpc) is 3.10. The van der Waals surface area contributed by atoms with Crippen molar-refractivity contribution < 1.29 is 13.9 Å². The smallest absolute Gasteiger partial charge is 0.277 e. The molecule has 28 heavy (non-hydrogen) atoms. The van der Waals surface area contributed by atoms with Crippen LogP contribution in [0.5, 0.6) is 5.75 Å². The molecule has 1 aromatic heterocycles. The van der Waals surface area contributed by atoms with E-state index in [1.807, 2.05) is 24.3 Å². The van der Waals surface area contributed by atoms with E-state index in [2.05, 4.69) is 58.3 Å². The van der Waals surface area contributed by atoms with Crippen LogP contribution in [0.1, 0.15) is 5.76 Å². The van der Waals surface area contributed by atoms with Crippen molar-refractivity contribution in [1.29, 1.82) is 0 Å². The molecule has 2 aromatic carbocycles. The van der Waals surface area contributed by atoms with Gasteiger partial charge in [0, 0.05) is 15.1 Å². The summed E-state index contributed by atoms with van der Waals surface area (Å²) in [7, 11) is 0. The summed E-state index contributed by atoms with van der Waals surface area (Å²) in [6, 6.07) is 14.5. The van der Waals surface area contributed by atoms with Gasteiger partial charge < -0.3 is 9.15 Å². The van der Waals surface area contributed by atoms with E-state index < -0.39 is 5.91 Å². The van der Waals surface area contributed by atoms with Crippen LogP contribution in [0.2, 0.25) is 5.02 Å². The molecule has 0 fully saturated rings. The first-order valence-corrected chi connectivity index (χ1v) is 10.6. The first-order valence-electron chi connectivity index (χ1n) is 7.87. The van der Waals surface area contributed by atoms with Crippen LogP contribution in [0.3, 0.4) is 0 Å². The molecule has 3 rings (SSSR count). The number of nitrogens with one attached hydrogen (secondary N) is 1. The van der Waals surface area contributed by atoms with E-state index in [-0.39, 0.29) is 6.61 Å². The molecule has 0 aliphatic carbocycles. The van der Waals surface area contributed by atoms with Gasteiger partial charge >= 0.3 is 0 Å². The molecule has 1 heterocycles. The number of halogens is 4. The number of hydrogen-bond acceptors (Lipinski definition) is 4. The normalized spacial score (nSPS) is 11.0. The number of ether oxygens (including phenoxy) is 1. The molecule has 0 saturated carbocycles. The SMILES string of the molecule is O=C(COc1c(Br)cc(Br)cc1Br)NN=Cc1ccc(-c2cccc(Cl)c2)o1. The summed E-state index contributed by atoms with van der Waals surface area (Å²) in [5.74, 6) is 1.28. The number of amides is 1. The molecule has 5 nitrogen and oxygen atoms in total. The van der Waals surface area contributed by atoms with Gasteiger partial charge in [-0.25, -0.2) is 5.43 Å². The fraction of sp³-hybridized carbons (Fsp3) is 0.0526. The molecule has 3 aromatic rings. The standard InChI is InChI=1S/C19H12Br3ClN2O3/c20-12-7-15(21)19(16(22)8-12)27-10-18(26)25-24-9-14-4-5-17(28-14)11-2-1-3-13(23)6-11/h1-9H,10H2,(H,25,26). The van der Waals surface area contributed by atoms with Gasteiger partial charge in [0.25, 0.3) is 5.91 Å². The lowest BCUT2D eigenvalue weighted by Gasteiger charge is -2.09. The minimum absolute atomic E-state index is 0.192. The van der Waals surface area contributed by atoms with E-state index in [4.69, 9.17) is 20.8 Å². The Morgan fingerprint density at radius 2 is 1.89 bits per heavy atom. The Hall–Kier alpha value is -1.61. The fourth-order valence-corrected chi connectivity index (χ4v) is 4.90. The highest BCUT2D eigenvalue weighted by Crippen LogP contribution is 2.36. The Morgan fingerprint density at radius 3 is 2.61 bits per heavy atom. The van der Waals surface area contributed by atoms with Crippen LogP contribution in [0.4, 0.5) is 0 Å². The molecule has 1 N–H and O–H groups in total. The maximum absolute atomic E-state index is 11.9. The van der Waals surface area contributed by atoms with Gasteiger partial charge in [-0.3, -0.25) is 4.79 Å². The predicted molar refractivity (Wildman–Crippen MR) is 120 cm³/mol. The molecule has 0 aliphatic heterocycles. The van der Waals surface area contributed by atoms with Gasteiger partial charge in [0.15, 0.2) is 6.61 Å². The molecule has 144 valence electrons. The third-order valence-electron chi connectivity index (χ3n) is 3.43. The third kappa shape index (κ3) is 5.70. The zero-order valence-corrected chi connectivity index (χ0v) is 19.6. The Kier molecular flexibility index (Phi) is 7.34. The van der Waals surface area contributed by atoms with E-state index >= 15 is 0 Å². The van der Waals surface area contributed by atoms with Crippen LogP contribution in [0.15, 0.2) is 71.5 Å². The second-order valence-corrected chi connectivity index (χ2v) is 8.55. The Bertz CT molecular complexity index is 1010. The summed E-state index contributed by atoms with van der Waals surface area (Å²) < 4.78 is 13.5. The second kappa shape index (κ2) is 9.73. The molecule has 0 spiro atoms. The van der Waals surface area contributed by atoms with Crippen molar-refractivity contribution in [2.75, 3.05) is 6.61 Å². The van der Waals surface area contributed by atoms with Crippen molar-refractivity contribution in [3.63, 3.8) is 0 Å². The Balaban J connectivity index is 1.54. The minimum atomic E-state index is -0.403. The second-order valence-electron chi connectivity index (χ2n) is 5.49. The number of carbonyl (C=O) groups excluding carboxylic acids is 1. The van der Waals surface area contributed by atoms with E-state index in [1.54, 1.807) is 24.3 Å². The van der Waals surface area contributed by atoms with Gasteiger partial charge in [0.05, 0.1) is 15.2 Å². The van der Waals surface area contributed by atoms with Gasteiger partial charge in [-0.2, -0.15) is 5.10 Å². The molecular formula is C19H12Br3ClN2O3. The maximum Gasteiger partial charge on any atom is 0.277 e. The zero-order valence-electron chi connectivity index (χ0n) is 14.1. The van der Waals surface area contributed by atoms with Crippen molar-refractivity contribution in [2.24, 2.45) is 5.10 Å². The van der Waals surface area contributed by atoms with Crippen molar-refractivity contribution in [3.8, 4) is 17.1 Å². The van der Waals surface area contributed by atoms with Crippen LogP contribution >= 0.6 is 59.4 Å². The van der Waals surface area contributed by atoms with Crippen LogP contribution in [0.25, 0.3) is 11.3 Å². The van der Waals surface area contributed by atoms with Crippen molar-refractivity contribution in [2.45, 2.75) is 0 Å². The highest BCUT2D eigenvalue weighted by Gasteiger charge is 2.10. The molecule has 0 radical (unpaired) electrons. The highest BCUT2D eigenvalue weighted by molar-refractivity contribution is 9.11. The number of nitrogens with zero attached hydrogens (tertiary/aromatic N) is 1. The van der Waals surface area contributed by atoms with Gasteiger partial charge in [0.1, 0.15) is 17.3 Å². The molecule has 0 atom stereocenters. The Morgan fingerprint density at radius 1 is 1.14 bits per heavy atom. The van der Waals surface area contributed by atoms with Gasteiger partial charge in [-0.15, -0.1) is 0 Å². The van der Waals surface area contributed by atoms with Crippen molar-refractivity contribution in [3.05, 3.63) is 72.7 Å². The highest BCUT2D eigenvalue weighted by atomic mass is 79.9. The number of furan rings is 1. The molecule has 0 unspecified atom stereocenters. The van der Waals surface area contributed by atoms with Crippen LogP contribution < -0.4 is 10.2 Å². The molecule has 0 bridgehead atoms. The maximum atomic E-state index is 11.9. The van der Waals surface area contributed by atoms with Gasteiger partial charge in [-0.1, -0.05) is 39.7 Å². The molecule has 9 heteroatoms. The fourth-order valence-electron chi connectivity index (χ4n) is 2.22. The first-order chi connectivity index (χ1) is 13.4. The van der Waals surface area contributed by atoms with Gasteiger partial charge in [0.2, 0.25) is 0 Å². The summed E-state index contributed by atoms with van der Waals surface area (Å²) in [5, 5.41) is 4.51. The molecule has 0 saturated heterocycles. The summed E-state index contributed by atoms with van der Waals surface area (Å²) in [4.78, 5) is 11.9. The van der Waals surface area contributed by atoms with Crippen LogP contribution in [-0.2, 0) is 4.79 Å². The van der Waals surface area contributed by atoms with Crippen molar-refractivity contribution in [1.82, 2.24) is 5.43 Å². The molecule has 1 amide bonds. The zero-order chi connectivity index (χ0) is 20.1. The first kappa shape index (κ1) is 21.1. The van der Waals surface area contributed by atoms with E-state index in [0.717, 1.165) is 10.0 Å². The van der Waals surface area contributed by atoms with Crippen LogP contribution in [0, 0.1) is 0 Å². The lowest BCUT2D eigenvalue weighted by molar-refractivity contribution is -0.123. The lowest BCUT2D eigenvalue weighted by Crippen LogP contribution is -2.24. The predicted octanol–water partition coefficient (Wildman–Crippen LogP) is 6.42. The summed E-state index contributed by atoms with van der Waals surface area (Å²) in [6.45, 7) is -0.192. The topological polar surface area (TPSA) is 63.8 Å². The number of rotatable bonds is 6. The summed E-state index contributed by atoms with van der Waals surface area (Å²) in [6.07, 6.45) is 1.41. The van der Waals surface area contributed by atoms with Gasteiger partial charge in [-0.05, 0) is 68.3 Å². The summed E-state index contributed by atoms with van der Waals surface area (Å²) in [5.41, 5.74) is 3.25. The monoisotopic (exact) mass is 588 g/mol. The number of hydrazone groups is 1. The number of carbonyl (C=O) groups is 1. The van der Waals surface area contributed by atoms with E-state index in [0.29, 0.717) is 31.2 Å². The third-order valence-corrected chi connectivity index (χ3v) is 5.30. The lowest BCUT2D eigenvalue weighted by atomic mass is 10.2. The molecule has 0 aliphatic rings. The number of benzene rings is 2. The Labute approximate surface area is 191 Å². The van der Waals surface area contributed by atoms with Crippen LogP contribution in [-0.4, -0.2) is 18.7 Å². The summed E-state index contributed by atoms with van der Waals surface area (Å²) >= 11 is 16.1. The van der Waals surface area contributed by atoms with Crippen molar-refractivity contribution >= 4 is 71.5 Å². The average molecular weight is 591 g/mol. The largest absolute Gasteiger partial charge is 0.481 e. The minimum Gasteiger partial charge on any atom is -0.481 e. The van der Waals surface area contributed by atoms with E-state index in [9.17, 15) is 4.79 Å². The number of hydrogen-bond donors (Lipinski definition) is 1. The molecular weight excluding hydrogens is 579 g/mol. The quantitative estimate of drug-likeness (QED) is 0.266.